The van der Waals surface area contributed by atoms with Crippen LogP contribution in [-0.4, -0.2) is 94.2 Å². The molecule has 324 valence electrons. The predicted octanol–water partition coefficient (Wildman–Crippen LogP) is 7.79. The van der Waals surface area contributed by atoms with Crippen molar-refractivity contribution >= 4 is 51.1 Å². The van der Waals surface area contributed by atoms with Gasteiger partial charge in [0.1, 0.15) is 24.3 Å². The fourth-order valence-electron chi connectivity index (χ4n) is 6.17. The van der Waals surface area contributed by atoms with E-state index in [9.17, 15) is 38.0 Å². The number of ether oxygens (including phenoxy) is 2. The van der Waals surface area contributed by atoms with Gasteiger partial charge in [-0.15, -0.1) is 0 Å². The van der Waals surface area contributed by atoms with Crippen LogP contribution in [0.3, 0.4) is 0 Å². The maximum atomic E-state index is 13.9. The largest absolute Gasteiger partial charge is 0.471 e. The number of carbonyl (C=O) groups is 2. The van der Waals surface area contributed by atoms with Gasteiger partial charge in [-0.05, 0) is 56.1 Å². The van der Waals surface area contributed by atoms with Crippen LogP contribution in [0.5, 0.6) is 0 Å². The molecule has 3 heterocycles. The number of amides is 2. The van der Waals surface area contributed by atoms with Crippen LogP contribution >= 0.6 is 0 Å². The van der Waals surface area contributed by atoms with E-state index >= 15 is 0 Å². The third kappa shape index (κ3) is 10.3. The first-order valence-corrected chi connectivity index (χ1v) is 25.0. The van der Waals surface area contributed by atoms with Crippen molar-refractivity contribution in [2.75, 3.05) is 18.1 Å². The van der Waals surface area contributed by atoms with Gasteiger partial charge in [0.25, 0.3) is 5.69 Å². The number of nitro benzene ring substituents is 1. The van der Waals surface area contributed by atoms with Crippen molar-refractivity contribution in [2.24, 2.45) is 0 Å². The summed E-state index contributed by atoms with van der Waals surface area (Å²) in [7, 11) is -4.81. The number of nitrogens with one attached hydrogen (secondary N) is 1. The number of hydrogen-bond donors (Lipinski definition) is 2. The second kappa shape index (κ2) is 16.6. The Morgan fingerprint density at radius 1 is 1.07 bits per heavy atom. The molecule has 0 aliphatic carbocycles. The summed E-state index contributed by atoms with van der Waals surface area (Å²) in [6, 6.07) is 3.85. The Kier molecular flexibility index (Phi) is 13.3. The molecule has 3 atom stereocenters. The molecule has 4 rings (SSSR count). The van der Waals surface area contributed by atoms with Gasteiger partial charge >= 0.3 is 18.2 Å². The van der Waals surface area contributed by atoms with E-state index in [4.69, 9.17) is 13.9 Å². The lowest BCUT2D eigenvalue weighted by Crippen LogP contribution is -2.65. The maximum absolute atomic E-state index is 13.9. The number of nitro groups is 1. The Hall–Kier alpha value is -4.43. The molecular formula is C39H56F3N7O8Si2. The van der Waals surface area contributed by atoms with Crippen LogP contribution in [0.25, 0.3) is 11.2 Å². The number of alkyl halides is 3. The monoisotopic (exact) mass is 863 g/mol. The molecule has 1 aliphatic heterocycles. The van der Waals surface area contributed by atoms with Crippen LogP contribution in [0, 0.1) is 22.0 Å². The van der Waals surface area contributed by atoms with Crippen molar-refractivity contribution in [1.82, 2.24) is 24.8 Å². The molecule has 0 radical (unpaired) electrons. The number of imidazole rings is 1. The molecule has 3 aromatic rings. The van der Waals surface area contributed by atoms with Crippen molar-refractivity contribution < 1.29 is 46.7 Å². The molecule has 0 bridgehead atoms. The normalized spacial score (nSPS) is 19.3. The average molecular weight is 864 g/mol. The highest BCUT2D eigenvalue weighted by atomic mass is 28.4. The van der Waals surface area contributed by atoms with Crippen molar-refractivity contribution in [3.05, 3.63) is 52.1 Å². The summed E-state index contributed by atoms with van der Waals surface area (Å²) in [5.41, 5.74) is -0.876. The van der Waals surface area contributed by atoms with Gasteiger partial charge in [0.2, 0.25) is 0 Å². The number of aromatic nitrogens is 4. The van der Waals surface area contributed by atoms with Gasteiger partial charge in [-0.25, -0.2) is 19.7 Å². The number of nitrogens with zero attached hydrogens (tertiary/aromatic N) is 6. The van der Waals surface area contributed by atoms with E-state index in [1.54, 1.807) is 30.7 Å². The average Bonchev–Trinajstić information content (AvgIpc) is 3.67. The zero-order valence-electron chi connectivity index (χ0n) is 36.0. The molecule has 0 unspecified atom stereocenters. The molecule has 59 heavy (non-hydrogen) atoms. The van der Waals surface area contributed by atoms with E-state index in [1.165, 1.54) is 24.8 Å². The Balaban J connectivity index is 1.76. The minimum atomic E-state index is -5.08. The second-order valence-electron chi connectivity index (χ2n) is 18.8. The first-order chi connectivity index (χ1) is 26.8. The highest BCUT2D eigenvalue weighted by Gasteiger charge is 2.62. The topological polar surface area (TPSA) is 184 Å². The number of rotatable bonds is 10. The van der Waals surface area contributed by atoms with Crippen molar-refractivity contribution in [3.8, 4) is 11.8 Å². The zero-order valence-corrected chi connectivity index (χ0v) is 38.0. The van der Waals surface area contributed by atoms with E-state index in [-0.39, 0.29) is 51.2 Å². The van der Waals surface area contributed by atoms with Gasteiger partial charge in [-0.2, -0.15) is 13.2 Å². The number of benzene rings is 1. The molecule has 1 saturated heterocycles. The molecule has 1 fully saturated rings. The fraction of sp³-hybridized carbons (Fsp3) is 0.615. The fourth-order valence-corrected chi connectivity index (χ4v) is 10.1. The Morgan fingerprint density at radius 3 is 2.27 bits per heavy atom. The number of halogens is 3. The van der Waals surface area contributed by atoms with Gasteiger partial charge in [0, 0.05) is 23.6 Å². The van der Waals surface area contributed by atoms with E-state index in [2.05, 4.69) is 94.5 Å². The third-order valence-electron chi connectivity index (χ3n) is 11.7. The smallest absolute Gasteiger partial charge is 0.443 e. The molecule has 2 N–H and O–H groups in total. The van der Waals surface area contributed by atoms with E-state index in [1.807, 2.05) is 0 Å². The van der Waals surface area contributed by atoms with Crippen molar-refractivity contribution in [1.29, 1.82) is 0 Å². The molecule has 2 amide bonds. The Labute approximate surface area is 344 Å². The Morgan fingerprint density at radius 2 is 1.71 bits per heavy atom. The summed E-state index contributed by atoms with van der Waals surface area (Å²) in [4.78, 5) is 51.2. The minimum Gasteiger partial charge on any atom is -0.443 e. The number of hydrogen-bond acceptors (Lipinski definition) is 11. The lowest BCUT2D eigenvalue weighted by molar-refractivity contribution is -0.385. The van der Waals surface area contributed by atoms with Gasteiger partial charge in [0.15, 0.2) is 25.3 Å². The molecule has 15 nitrogen and oxygen atoms in total. The third-order valence-corrected chi connectivity index (χ3v) is 22.6. The number of anilines is 1. The minimum absolute atomic E-state index is 0.0166. The summed E-state index contributed by atoms with van der Waals surface area (Å²) >= 11 is 0. The molecule has 0 saturated carbocycles. The van der Waals surface area contributed by atoms with Gasteiger partial charge in [-0.1, -0.05) is 66.5 Å². The standard InChI is InChI=1S/C39H56F3N7O8Si2/c1-35(2,3)57-34(51)47(21-26-17-16-25(19-27(26)49(53)54)15-14-18-43-33(50)39(40,41)42)31-30-32(45-23-44-31)48(24-46-30)29-20-38(52,58(10,11)36(4,5)6)28(56-29)22-55-59(12,13)37(7,8)9/h16-17,19,23-24,28-29,52H,18,20-22H2,1-13H3,(H,43,50)/t28-,29-,38-/m1/s1. The van der Waals surface area contributed by atoms with E-state index < -0.39 is 81.4 Å². The highest BCUT2D eigenvalue weighted by molar-refractivity contribution is 6.83. The van der Waals surface area contributed by atoms with E-state index in [0.29, 0.717) is 0 Å². The molecule has 0 spiro atoms. The lowest BCUT2D eigenvalue weighted by Gasteiger charge is -2.49. The van der Waals surface area contributed by atoms with Crippen LogP contribution in [0.2, 0.25) is 36.3 Å². The van der Waals surface area contributed by atoms with Crippen LogP contribution in [0.4, 0.5) is 29.5 Å². The zero-order chi connectivity index (χ0) is 44.7. The van der Waals surface area contributed by atoms with Crippen molar-refractivity contribution in [3.63, 3.8) is 0 Å². The van der Waals surface area contributed by atoms with Gasteiger partial charge < -0.3 is 24.3 Å². The second-order valence-corrected chi connectivity index (χ2v) is 29.2. The molecule has 1 aromatic carbocycles. The van der Waals surface area contributed by atoms with E-state index in [0.717, 1.165) is 11.0 Å². The molecular weight excluding hydrogens is 808 g/mol. The first kappa shape index (κ1) is 47.3. The molecule has 1 aliphatic rings. The molecule has 20 heteroatoms. The van der Waals surface area contributed by atoms with Crippen LogP contribution in [-0.2, 0) is 25.2 Å². The summed E-state index contributed by atoms with van der Waals surface area (Å²) in [5, 5.41) is 25.1. The quantitative estimate of drug-likeness (QED) is 0.0878. The summed E-state index contributed by atoms with van der Waals surface area (Å²) in [6.07, 6.45) is -4.45. The lowest BCUT2D eigenvalue weighted by atomic mass is 10.1. The summed E-state index contributed by atoms with van der Waals surface area (Å²) in [6.45, 7) is 25.5. The highest BCUT2D eigenvalue weighted by Crippen LogP contribution is 2.52. The molecule has 2 aromatic heterocycles. The van der Waals surface area contributed by atoms with Crippen LogP contribution in [0.15, 0.2) is 30.9 Å². The van der Waals surface area contributed by atoms with Crippen LogP contribution < -0.4 is 10.2 Å². The number of carbonyl (C=O) groups excluding carboxylic acids is 2. The summed E-state index contributed by atoms with van der Waals surface area (Å²) in [5.74, 6) is 2.66. The van der Waals surface area contributed by atoms with Crippen LogP contribution in [0.1, 0.15) is 86.1 Å². The van der Waals surface area contributed by atoms with Gasteiger partial charge in [-0.3, -0.25) is 24.4 Å². The summed E-state index contributed by atoms with van der Waals surface area (Å²) < 4.78 is 58.3. The van der Waals surface area contributed by atoms with Crippen molar-refractivity contribution in [2.45, 2.75) is 141 Å². The Bertz CT molecular complexity index is 2130. The maximum Gasteiger partial charge on any atom is 0.471 e. The van der Waals surface area contributed by atoms with Gasteiger partial charge in [0.05, 0.1) is 44.2 Å². The number of fused-ring (bicyclic) bond motifs is 1. The first-order valence-electron chi connectivity index (χ1n) is 19.1. The SMILES string of the molecule is CC(C)(C)OC(=O)N(Cc1ccc(C#CCNC(=O)C(F)(F)F)cc1[N+](=O)[O-])c1ncnc2c1ncn2[C@H]1C[C@@](O)([Si](C)(C)C(C)(C)C)[C@@H](CO[Si](C)(C)C(C)(C)C)O1. The number of aliphatic hydroxyl groups is 1. The predicted molar refractivity (Wildman–Crippen MR) is 221 cm³/mol.